The number of nitrogens with zero attached hydrogens (tertiary/aromatic N) is 3. The van der Waals surface area contributed by atoms with E-state index in [9.17, 15) is 0 Å². The van der Waals surface area contributed by atoms with Crippen LogP contribution in [0.4, 0.5) is 0 Å². The van der Waals surface area contributed by atoms with Crippen molar-refractivity contribution < 1.29 is 4.74 Å². The van der Waals surface area contributed by atoms with Crippen LogP contribution < -0.4 is 5.32 Å². The Morgan fingerprint density at radius 3 is 2.95 bits per heavy atom. The molecule has 0 unspecified atom stereocenters. The fourth-order valence-electron chi connectivity index (χ4n) is 2.11. The van der Waals surface area contributed by atoms with Gasteiger partial charge in [0.15, 0.2) is 0 Å². The number of methoxy groups -OCH3 is 1. The Kier molecular flexibility index (Phi) is 5.70. The van der Waals surface area contributed by atoms with Gasteiger partial charge in [0.2, 0.25) is 0 Å². The maximum atomic E-state index is 5.17. The number of benzene rings is 1. The second-order valence-corrected chi connectivity index (χ2v) is 4.69. The van der Waals surface area contributed by atoms with E-state index >= 15 is 0 Å². The average Bonchev–Trinajstić information content (AvgIpc) is 2.94. The molecule has 0 amide bonds. The van der Waals surface area contributed by atoms with Crippen molar-refractivity contribution in [2.75, 3.05) is 20.3 Å². The van der Waals surface area contributed by atoms with E-state index < -0.39 is 0 Å². The molecule has 0 aliphatic heterocycles. The second-order valence-electron chi connectivity index (χ2n) is 4.69. The van der Waals surface area contributed by atoms with Gasteiger partial charge in [-0.2, -0.15) is 0 Å². The van der Waals surface area contributed by atoms with E-state index in [4.69, 9.17) is 4.74 Å². The highest BCUT2D eigenvalue weighted by Crippen LogP contribution is 2.16. The molecule has 0 aliphatic carbocycles. The Morgan fingerprint density at radius 1 is 1.30 bits per heavy atom. The maximum absolute atomic E-state index is 5.17. The summed E-state index contributed by atoms with van der Waals surface area (Å²) in [7, 11) is 1.72. The first-order valence-electron chi connectivity index (χ1n) is 7.04. The van der Waals surface area contributed by atoms with Crippen LogP contribution in [0.25, 0.3) is 5.69 Å². The Bertz CT molecular complexity index is 524. The summed E-state index contributed by atoms with van der Waals surface area (Å²) < 4.78 is 7.08. The minimum absolute atomic E-state index is 0.704. The zero-order chi connectivity index (χ0) is 14.2. The summed E-state index contributed by atoms with van der Waals surface area (Å²) in [5, 5.41) is 11.6. The van der Waals surface area contributed by atoms with Crippen molar-refractivity contribution in [3.8, 4) is 5.69 Å². The Balaban J connectivity index is 2.20. The lowest BCUT2D eigenvalue weighted by atomic mass is 10.1. The number of aromatic nitrogens is 3. The van der Waals surface area contributed by atoms with Gasteiger partial charge >= 0.3 is 0 Å². The van der Waals surface area contributed by atoms with Crippen molar-refractivity contribution in [1.29, 1.82) is 0 Å². The van der Waals surface area contributed by atoms with Gasteiger partial charge in [-0.05, 0) is 31.0 Å². The molecule has 5 heteroatoms. The maximum Gasteiger partial charge on any atom is 0.0783 e. The lowest BCUT2D eigenvalue weighted by molar-refractivity contribution is 0.202. The van der Waals surface area contributed by atoms with E-state index in [1.54, 1.807) is 7.11 Å². The predicted molar refractivity (Wildman–Crippen MR) is 78.9 cm³/mol. The summed E-state index contributed by atoms with van der Waals surface area (Å²) in [6.45, 7) is 4.63. The SMILES string of the molecule is CCCNCc1cnnn1-c1ccccc1CCOC. The largest absolute Gasteiger partial charge is 0.384 e. The third-order valence-corrected chi connectivity index (χ3v) is 3.15. The molecule has 1 heterocycles. The first-order valence-corrected chi connectivity index (χ1v) is 7.04. The van der Waals surface area contributed by atoms with Crippen LogP contribution in [-0.4, -0.2) is 35.3 Å². The molecular formula is C15H22N4O. The van der Waals surface area contributed by atoms with Crippen LogP contribution in [0, 0.1) is 0 Å². The van der Waals surface area contributed by atoms with Gasteiger partial charge in [0.25, 0.3) is 0 Å². The molecule has 108 valence electrons. The Hall–Kier alpha value is -1.72. The highest BCUT2D eigenvalue weighted by Gasteiger charge is 2.09. The van der Waals surface area contributed by atoms with Crippen molar-refractivity contribution >= 4 is 0 Å². The first-order chi connectivity index (χ1) is 9.86. The smallest absolute Gasteiger partial charge is 0.0783 e. The van der Waals surface area contributed by atoms with Gasteiger partial charge in [-0.1, -0.05) is 30.3 Å². The normalized spacial score (nSPS) is 10.9. The van der Waals surface area contributed by atoms with Crippen LogP contribution >= 0.6 is 0 Å². The summed E-state index contributed by atoms with van der Waals surface area (Å²) in [4.78, 5) is 0. The lowest BCUT2D eigenvalue weighted by Crippen LogP contribution is -2.17. The van der Waals surface area contributed by atoms with Crippen LogP contribution in [-0.2, 0) is 17.7 Å². The fraction of sp³-hybridized carbons (Fsp3) is 0.467. The highest BCUT2D eigenvalue weighted by molar-refractivity contribution is 5.41. The van der Waals surface area contributed by atoms with Gasteiger partial charge in [0.05, 0.1) is 24.2 Å². The minimum atomic E-state index is 0.704. The van der Waals surface area contributed by atoms with Gasteiger partial charge < -0.3 is 10.1 Å². The molecule has 2 rings (SSSR count). The van der Waals surface area contributed by atoms with Gasteiger partial charge in [-0.25, -0.2) is 4.68 Å². The van der Waals surface area contributed by atoms with Crippen LogP contribution in [0.5, 0.6) is 0 Å². The molecule has 0 saturated carbocycles. The molecule has 1 aromatic carbocycles. The van der Waals surface area contributed by atoms with Gasteiger partial charge in [-0.3, -0.25) is 0 Å². The predicted octanol–water partition coefficient (Wildman–Crippen LogP) is 1.96. The standard InChI is InChI=1S/C15H22N4O/c1-3-9-16-11-14-12-17-18-19(14)15-7-5-4-6-13(15)8-10-20-2/h4-7,12,16H,3,8-11H2,1-2H3. The summed E-state index contributed by atoms with van der Waals surface area (Å²) in [5.74, 6) is 0. The second kappa shape index (κ2) is 7.77. The quantitative estimate of drug-likeness (QED) is 0.748. The lowest BCUT2D eigenvalue weighted by Gasteiger charge is -2.11. The number of rotatable bonds is 8. The summed E-state index contributed by atoms with van der Waals surface area (Å²) in [6.07, 6.45) is 3.80. The first kappa shape index (κ1) is 14.7. The van der Waals surface area contributed by atoms with Gasteiger partial charge in [0.1, 0.15) is 0 Å². The van der Waals surface area contributed by atoms with Crippen molar-refractivity contribution in [3.63, 3.8) is 0 Å². The Morgan fingerprint density at radius 2 is 2.15 bits per heavy atom. The summed E-state index contributed by atoms with van der Waals surface area (Å²) >= 11 is 0. The zero-order valence-electron chi connectivity index (χ0n) is 12.2. The molecule has 0 radical (unpaired) electrons. The molecule has 0 fully saturated rings. The average molecular weight is 274 g/mol. The van der Waals surface area contributed by atoms with Crippen molar-refractivity contribution in [2.24, 2.45) is 0 Å². The number of hydrogen-bond acceptors (Lipinski definition) is 4. The molecule has 0 spiro atoms. The van der Waals surface area contributed by atoms with Gasteiger partial charge in [0, 0.05) is 13.7 Å². The molecule has 5 nitrogen and oxygen atoms in total. The van der Waals surface area contributed by atoms with E-state index in [1.165, 1.54) is 5.56 Å². The monoisotopic (exact) mass is 274 g/mol. The van der Waals surface area contributed by atoms with Crippen LogP contribution in [0.2, 0.25) is 0 Å². The third kappa shape index (κ3) is 3.65. The topological polar surface area (TPSA) is 52.0 Å². The van der Waals surface area contributed by atoms with Crippen molar-refractivity contribution in [1.82, 2.24) is 20.3 Å². The molecular weight excluding hydrogens is 252 g/mol. The summed E-state index contributed by atoms with van der Waals surface area (Å²) in [5.41, 5.74) is 3.37. The van der Waals surface area contributed by atoms with Crippen LogP contribution in [0.1, 0.15) is 24.6 Å². The van der Waals surface area contributed by atoms with Crippen LogP contribution in [0.3, 0.4) is 0 Å². The molecule has 0 atom stereocenters. The highest BCUT2D eigenvalue weighted by atomic mass is 16.5. The number of hydrogen-bond donors (Lipinski definition) is 1. The van der Waals surface area contributed by atoms with E-state index in [0.29, 0.717) is 6.61 Å². The van der Waals surface area contributed by atoms with Gasteiger partial charge in [-0.15, -0.1) is 5.10 Å². The van der Waals surface area contributed by atoms with E-state index in [-0.39, 0.29) is 0 Å². The fourth-order valence-corrected chi connectivity index (χ4v) is 2.11. The number of para-hydroxylation sites is 1. The molecule has 1 N–H and O–H groups in total. The van der Waals surface area contributed by atoms with Crippen molar-refractivity contribution in [3.05, 3.63) is 41.7 Å². The van der Waals surface area contributed by atoms with E-state index in [1.807, 2.05) is 23.0 Å². The number of nitrogens with one attached hydrogen (secondary N) is 1. The molecule has 0 saturated heterocycles. The van der Waals surface area contributed by atoms with Crippen molar-refractivity contribution in [2.45, 2.75) is 26.3 Å². The van der Waals surface area contributed by atoms with E-state index in [2.05, 4.69) is 34.7 Å². The van der Waals surface area contributed by atoms with Crippen LogP contribution in [0.15, 0.2) is 30.5 Å². The third-order valence-electron chi connectivity index (χ3n) is 3.15. The molecule has 0 bridgehead atoms. The zero-order valence-corrected chi connectivity index (χ0v) is 12.2. The number of ether oxygens (including phenoxy) is 1. The molecule has 20 heavy (non-hydrogen) atoms. The molecule has 2 aromatic rings. The molecule has 1 aromatic heterocycles. The van der Waals surface area contributed by atoms with E-state index in [0.717, 1.165) is 37.3 Å². The Labute approximate surface area is 120 Å². The molecule has 0 aliphatic rings. The summed E-state index contributed by atoms with van der Waals surface area (Å²) in [6, 6.07) is 8.25. The minimum Gasteiger partial charge on any atom is -0.384 e.